The molecule has 0 amide bonds. The monoisotopic (exact) mass is 304 g/mol. The molecule has 0 aromatic carbocycles. The van der Waals surface area contributed by atoms with Gasteiger partial charge in [-0.1, -0.05) is 0 Å². The van der Waals surface area contributed by atoms with Gasteiger partial charge in [-0.05, 0) is 84.6 Å². The van der Waals surface area contributed by atoms with Crippen LogP contribution in [0.4, 0.5) is 0 Å². The summed E-state index contributed by atoms with van der Waals surface area (Å²) in [6.45, 7) is 0. The maximum absolute atomic E-state index is 2.75. The predicted molar refractivity (Wildman–Crippen MR) is 99.9 cm³/mol. The quantitative estimate of drug-likeness (QED) is 0.295. The normalized spacial score (nSPS) is 5.40. The Morgan fingerprint density at radius 2 is 0.250 bits per heavy atom. The summed E-state index contributed by atoms with van der Waals surface area (Å²) in [5, 5.41) is 16.5. The molecule has 0 unspecified atom stereocenters. The van der Waals surface area contributed by atoms with E-state index in [0.717, 1.165) is 0 Å². The third kappa shape index (κ3) is 48000. The lowest BCUT2D eigenvalue weighted by molar-refractivity contribution is 1.02. The van der Waals surface area contributed by atoms with Crippen molar-refractivity contribution in [1.29, 1.82) is 0 Å². The number of rotatable bonds is 0. The van der Waals surface area contributed by atoms with Gasteiger partial charge in [0.15, 0.2) is 0 Å². The van der Waals surface area contributed by atoms with Crippen molar-refractivity contribution in [3.63, 3.8) is 0 Å². The molecule has 12 N–H and O–H groups in total. The lowest BCUT2D eigenvalue weighted by Gasteiger charge is -1.59. The molecule has 0 atom stereocenters. The molecular weight excluding hydrogens is 256 g/mol. The number of hydrogen-bond acceptors (Lipinski definition) is 8. The van der Waals surface area contributed by atoms with Gasteiger partial charge in [0.05, 0.1) is 0 Å². The van der Waals surface area contributed by atoms with Gasteiger partial charge in [0, 0.05) is 0 Å². The maximum atomic E-state index is 2.75. The first-order valence-electron chi connectivity index (χ1n) is 6.00. The molecule has 8 nitrogen and oxygen atoms in total. The third-order valence-corrected chi connectivity index (χ3v) is 0. The Balaban J connectivity index is -0.0000000141. The second kappa shape index (κ2) is 181. The van der Waals surface area contributed by atoms with E-state index in [1.165, 1.54) is 0 Å². The molecule has 0 aromatic rings. The molecule has 0 aliphatic carbocycles. The Morgan fingerprint density at radius 3 is 0.250 bits per heavy atom. The van der Waals surface area contributed by atoms with Crippen molar-refractivity contribution < 1.29 is 0 Å². The summed E-state index contributed by atoms with van der Waals surface area (Å²) in [6, 6.07) is 0. The van der Waals surface area contributed by atoms with Gasteiger partial charge in [0.1, 0.15) is 0 Å². The summed E-state index contributed by atoms with van der Waals surface area (Å²) in [6.07, 6.45) is 0. The molecule has 0 saturated heterocycles. The first-order chi connectivity index (χ1) is 8.49. The Bertz CT molecular complexity index is 34.9. The molecule has 136 valence electrons. The Kier molecular flexibility index (Phi) is 456. The standard InChI is InChI=1S/6C2H7N.2H3N/c6*1-3-2;;/h6*3H,1-2H3;2*1H3. The summed E-state index contributed by atoms with van der Waals surface area (Å²) in [5.74, 6) is 0. The molecular formula is C12H48N8. The fourth-order valence-corrected chi connectivity index (χ4v) is 0. The van der Waals surface area contributed by atoms with E-state index in [9.17, 15) is 0 Å². The SMILES string of the molecule is CNC.CNC.CNC.CNC.CNC.CNC.N.N. The van der Waals surface area contributed by atoms with Crippen LogP contribution in [0.2, 0.25) is 0 Å². The molecule has 0 heterocycles. The smallest absolute Gasteiger partial charge is 0.0167 e. The molecule has 0 spiro atoms. The van der Waals surface area contributed by atoms with Gasteiger partial charge in [0.25, 0.3) is 0 Å². The Morgan fingerprint density at radius 1 is 0.250 bits per heavy atom. The van der Waals surface area contributed by atoms with Crippen molar-refractivity contribution >= 4 is 0 Å². The van der Waals surface area contributed by atoms with Crippen LogP contribution in [-0.4, -0.2) is 84.6 Å². The van der Waals surface area contributed by atoms with Crippen molar-refractivity contribution in [2.24, 2.45) is 0 Å². The van der Waals surface area contributed by atoms with Crippen LogP contribution >= 0.6 is 0 Å². The zero-order valence-corrected chi connectivity index (χ0v) is 16.4. The molecule has 0 aliphatic heterocycles. The Labute approximate surface area is 129 Å². The zero-order chi connectivity index (χ0) is 16.2. The van der Waals surface area contributed by atoms with E-state index < -0.39 is 0 Å². The van der Waals surface area contributed by atoms with Crippen LogP contribution in [0, 0.1) is 0 Å². The van der Waals surface area contributed by atoms with Crippen molar-refractivity contribution in [3.8, 4) is 0 Å². The summed E-state index contributed by atoms with van der Waals surface area (Å²) >= 11 is 0. The average molecular weight is 305 g/mol. The van der Waals surface area contributed by atoms with Gasteiger partial charge in [-0.3, -0.25) is 0 Å². The highest BCUT2D eigenvalue weighted by atomic mass is 14.8. The summed E-state index contributed by atoms with van der Waals surface area (Å²) < 4.78 is 0. The van der Waals surface area contributed by atoms with E-state index in [-0.39, 0.29) is 12.3 Å². The fraction of sp³-hybridized carbons (Fsp3) is 1.00. The average Bonchev–Trinajstić information content (AvgIpc) is 2.23. The first kappa shape index (κ1) is 50.3. The van der Waals surface area contributed by atoms with Crippen LogP contribution in [0.3, 0.4) is 0 Å². The molecule has 0 rings (SSSR count). The summed E-state index contributed by atoms with van der Waals surface area (Å²) in [7, 11) is 22.5. The fourth-order valence-electron chi connectivity index (χ4n) is 0. The van der Waals surface area contributed by atoms with Crippen LogP contribution in [0.25, 0.3) is 0 Å². The zero-order valence-electron chi connectivity index (χ0n) is 16.4. The van der Waals surface area contributed by atoms with Crippen molar-refractivity contribution in [2.45, 2.75) is 0 Å². The van der Waals surface area contributed by atoms with E-state index in [1.54, 1.807) is 0 Å². The first-order valence-corrected chi connectivity index (χ1v) is 6.00. The highest BCUT2D eigenvalue weighted by Gasteiger charge is 1.27. The van der Waals surface area contributed by atoms with E-state index in [2.05, 4.69) is 31.9 Å². The van der Waals surface area contributed by atoms with E-state index in [4.69, 9.17) is 0 Å². The molecule has 0 aromatic heterocycles. The van der Waals surface area contributed by atoms with E-state index >= 15 is 0 Å². The minimum absolute atomic E-state index is 0. The molecule has 0 fully saturated rings. The predicted octanol–water partition coefficient (Wildman–Crippen LogP) is -0.662. The van der Waals surface area contributed by atoms with Gasteiger partial charge in [-0.15, -0.1) is 0 Å². The molecule has 20 heavy (non-hydrogen) atoms. The van der Waals surface area contributed by atoms with Gasteiger partial charge >= 0.3 is 0 Å². The minimum Gasteiger partial charge on any atom is -0.344 e. The number of hydrogen-bond donors (Lipinski definition) is 8. The van der Waals surface area contributed by atoms with E-state index in [1.807, 2.05) is 84.6 Å². The molecule has 0 bridgehead atoms. The molecule has 0 radical (unpaired) electrons. The Hall–Kier alpha value is -0.320. The maximum Gasteiger partial charge on any atom is -0.0167 e. The second-order valence-electron chi connectivity index (χ2n) is 3.00. The van der Waals surface area contributed by atoms with Crippen LogP contribution in [0.5, 0.6) is 0 Å². The van der Waals surface area contributed by atoms with E-state index in [0.29, 0.717) is 0 Å². The topological polar surface area (TPSA) is 142 Å². The lowest BCUT2D eigenvalue weighted by atomic mass is 11.3. The second-order valence-corrected chi connectivity index (χ2v) is 3.00. The van der Waals surface area contributed by atoms with Gasteiger partial charge in [-0.25, -0.2) is 0 Å². The van der Waals surface area contributed by atoms with Crippen molar-refractivity contribution in [3.05, 3.63) is 0 Å². The highest BCUT2D eigenvalue weighted by Crippen LogP contribution is 0.996. The van der Waals surface area contributed by atoms with Gasteiger partial charge < -0.3 is 44.2 Å². The van der Waals surface area contributed by atoms with Gasteiger partial charge in [-0.2, -0.15) is 0 Å². The van der Waals surface area contributed by atoms with Crippen LogP contribution in [0.1, 0.15) is 0 Å². The molecule has 0 aliphatic rings. The number of nitrogens with one attached hydrogen (secondary N) is 6. The summed E-state index contributed by atoms with van der Waals surface area (Å²) in [4.78, 5) is 0. The minimum atomic E-state index is 0. The highest BCUT2D eigenvalue weighted by molar-refractivity contribution is 3.92. The largest absolute Gasteiger partial charge is 0.344 e. The van der Waals surface area contributed by atoms with Gasteiger partial charge in [0.2, 0.25) is 0 Å². The lowest BCUT2D eigenvalue weighted by Crippen LogP contribution is -1.89. The van der Waals surface area contributed by atoms with Crippen LogP contribution in [-0.2, 0) is 0 Å². The van der Waals surface area contributed by atoms with Crippen LogP contribution in [0.15, 0.2) is 0 Å². The summed E-state index contributed by atoms with van der Waals surface area (Å²) in [5.41, 5.74) is 0. The molecule has 8 heteroatoms. The third-order valence-electron chi connectivity index (χ3n) is 0. The van der Waals surface area contributed by atoms with Crippen molar-refractivity contribution in [2.75, 3.05) is 84.6 Å². The molecule has 0 saturated carbocycles. The van der Waals surface area contributed by atoms with Crippen LogP contribution < -0.4 is 44.2 Å². The van der Waals surface area contributed by atoms with Crippen molar-refractivity contribution in [1.82, 2.24) is 44.2 Å².